The number of hydrogen-bond donors (Lipinski definition) is 1. The molecule has 4 heteroatoms. The predicted molar refractivity (Wildman–Crippen MR) is 77.5 cm³/mol. The number of carboxylic acid groups (broad SMARTS) is 1. The second-order valence-electron chi connectivity index (χ2n) is 4.77. The van der Waals surface area contributed by atoms with E-state index in [1.165, 1.54) is 0 Å². The lowest BCUT2D eigenvalue weighted by Gasteiger charge is -2.11. The number of carboxylic acids is 1. The largest absolute Gasteiger partial charge is 0.478 e. The van der Waals surface area contributed by atoms with Crippen LogP contribution in [-0.2, 0) is 0 Å². The van der Waals surface area contributed by atoms with Crippen molar-refractivity contribution in [2.45, 2.75) is 13.8 Å². The Hall–Kier alpha value is -2.62. The summed E-state index contributed by atoms with van der Waals surface area (Å²) in [7, 11) is 0. The Balaban J connectivity index is 2.36. The molecule has 3 aromatic rings. The van der Waals surface area contributed by atoms with Gasteiger partial charge in [0.2, 0.25) is 0 Å². The van der Waals surface area contributed by atoms with Crippen LogP contribution in [0.4, 0.5) is 0 Å². The van der Waals surface area contributed by atoms with Crippen molar-refractivity contribution >= 4 is 16.7 Å². The van der Waals surface area contributed by atoms with Crippen molar-refractivity contribution in [2.75, 3.05) is 0 Å². The van der Waals surface area contributed by atoms with Gasteiger partial charge in [0.25, 0.3) is 0 Å². The molecule has 0 saturated carbocycles. The van der Waals surface area contributed by atoms with Crippen LogP contribution in [0.2, 0.25) is 0 Å². The van der Waals surface area contributed by atoms with Crippen LogP contribution < -0.4 is 0 Å². The van der Waals surface area contributed by atoms with Crippen molar-refractivity contribution in [1.82, 2.24) is 9.55 Å². The third kappa shape index (κ3) is 1.77. The molecular formula is C16H14N2O2. The van der Waals surface area contributed by atoms with Gasteiger partial charge in [0.15, 0.2) is 0 Å². The van der Waals surface area contributed by atoms with Crippen molar-refractivity contribution in [3.05, 3.63) is 59.7 Å². The fourth-order valence-corrected chi connectivity index (χ4v) is 2.42. The number of aromatic carboxylic acids is 1. The van der Waals surface area contributed by atoms with Gasteiger partial charge in [-0.05, 0) is 31.4 Å². The van der Waals surface area contributed by atoms with E-state index in [-0.39, 0.29) is 0 Å². The van der Waals surface area contributed by atoms with Gasteiger partial charge in [0.1, 0.15) is 0 Å². The van der Waals surface area contributed by atoms with Gasteiger partial charge in [-0.25, -0.2) is 9.78 Å². The molecule has 20 heavy (non-hydrogen) atoms. The number of fused-ring (bicyclic) bond motifs is 1. The highest BCUT2D eigenvalue weighted by Gasteiger charge is 2.13. The van der Waals surface area contributed by atoms with E-state index in [4.69, 9.17) is 0 Å². The molecular weight excluding hydrogens is 252 g/mol. The number of nitrogens with zero attached hydrogens (tertiary/aromatic N) is 2. The van der Waals surface area contributed by atoms with Crippen molar-refractivity contribution in [2.24, 2.45) is 0 Å². The fourth-order valence-electron chi connectivity index (χ4n) is 2.42. The average Bonchev–Trinajstić information content (AvgIpc) is 2.77. The van der Waals surface area contributed by atoms with Gasteiger partial charge >= 0.3 is 5.97 Å². The molecule has 1 N–H and O–H groups in total. The van der Waals surface area contributed by atoms with Crippen molar-refractivity contribution in [3.63, 3.8) is 0 Å². The number of aromatic nitrogens is 2. The Kier molecular flexibility index (Phi) is 2.79. The molecule has 0 aliphatic heterocycles. The van der Waals surface area contributed by atoms with E-state index in [1.807, 2.05) is 48.7 Å². The molecule has 2 aromatic carbocycles. The first-order valence-corrected chi connectivity index (χ1v) is 6.35. The van der Waals surface area contributed by atoms with Gasteiger partial charge in [-0.3, -0.25) is 0 Å². The molecule has 0 atom stereocenters. The zero-order valence-electron chi connectivity index (χ0n) is 11.3. The molecule has 1 heterocycles. The molecule has 3 rings (SSSR count). The van der Waals surface area contributed by atoms with Crippen LogP contribution in [0.15, 0.2) is 42.7 Å². The van der Waals surface area contributed by atoms with Crippen LogP contribution in [0.3, 0.4) is 0 Å². The Bertz CT molecular complexity index is 818. The molecule has 0 fully saturated rings. The Morgan fingerprint density at radius 3 is 2.40 bits per heavy atom. The monoisotopic (exact) mass is 266 g/mol. The van der Waals surface area contributed by atoms with E-state index in [1.54, 1.807) is 12.4 Å². The molecule has 0 bridgehead atoms. The molecule has 0 spiro atoms. The smallest absolute Gasteiger partial charge is 0.336 e. The highest BCUT2D eigenvalue weighted by atomic mass is 16.4. The number of rotatable bonds is 2. The quantitative estimate of drug-likeness (QED) is 0.774. The summed E-state index contributed by atoms with van der Waals surface area (Å²) in [5.74, 6) is -0.911. The van der Waals surface area contributed by atoms with Crippen molar-refractivity contribution in [3.8, 4) is 5.69 Å². The molecule has 0 unspecified atom stereocenters. The van der Waals surface area contributed by atoms with Gasteiger partial charge in [-0.2, -0.15) is 0 Å². The van der Waals surface area contributed by atoms with Gasteiger partial charge in [-0.15, -0.1) is 0 Å². The molecule has 4 nitrogen and oxygen atoms in total. The number of benzene rings is 2. The highest BCUT2D eigenvalue weighted by molar-refractivity contribution is 6.06. The maximum atomic E-state index is 11.3. The minimum Gasteiger partial charge on any atom is -0.478 e. The third-order valence-corrected chi connectivity index (χ3v) is 3.64. The second kappa shape index (κ2) is 4.49. The van der Waals surface area contributed by atoms with Crippen molar-refractivity contribution < 1.29 is 9.90 Å². The number of aryl methyl sites for hydroxylation is 1. The SMILES string of the molecule is Cc1ncn(-c2ccc(C(=O)O)c3ccccc23)c1C. The summed E-state index contributed by atoms with van der Waals surface area (Å²) in [6.45, 7) is 3.96. The van der Waals surface area contributed by atoms with Crippen LogP contribution in [-0.4, -0.2) is 20.6 Å². The van der Waals surface area contributed by atoms with Gasteiger partial charge in [0, 0.05) is 11.1 Å². The maximum Gasteiger partial charge on any atom is 0.336 e. The van der Waals surface area contributed by atoms with Gasteiger partial charge < -0.3 is 9.67 Å². The summed E-state index contributed by atoms with van der Waals surface area (Å²) in [6, 6.07) is 11.0. The average molecular weight is 266 g/mol. The molecule has 0 amide bonds. The fraction of sp³-hybridized carbons (Fsp3) is 0.125. The summed E-state index contributed by atoms with van der Waals surface area (Å²) in [6.07, 6.45) is 1.77. The summed E-state index contributed by atoms with van der Waals surface area (Å²) >= 11 is 0. The first-order valence-electron chi connectivity index (χ1n) is 6.35. The van der Waals surface area contributed by atoms with Gasteiger partial charge in [-0.1, -0.05) is 24.3 Å². The molecule has 0 radical (unpaired) electrons. The summed E-state index contributed by atoms with van der Waals surface area (Å²) in [5.41, 5.74) is 3.29. The predicted octanol–water partition coefficient (Wildman–Crippen LogP) is 3.34. The minimum atomic E-state index is -0.911. The normalized spacial score (nSPS) is 10.9. The third-order valence-electron chi connectivity index (χ3n) is 3.64. The van der Waals surface area contributed by atoms with E-state index < -0.39 is 5.97 Å². The maximum absolute atomic E-state index is 11.3. The molecule has 0 saturated heterocycles. The lowest BCUT2D eigenvalue weighted by atomic mass is 10.0. The van der Waals surface area contributed by atoms with Crippen LogP contribution >= 0.6 is 0 Å². The number of carbonyl (C=O) groups is 1. The summed E-state index contributed by atoms with van der Waals surface area (Å²) in [4.78, 5) is 15.6. The Morgan fingerprint density at radius 1 is 1.10 bits per heavy atom. The molecule has 0 aliphatic carbocycles. The number of imidazole rings is 1. The first-order chi connectivity index (χ1) is 9.59. The molecule has 100 valence electrons. The van der Waals surface area contributed by atoms with Crippen LogP contribution in [0.5, 0.6) is 0 Å². The minimum absolute atomic E-state index is 0.318. The lowest BCUT2D eigenvalue weighted by molar-refractivity contribution is 0.0699. The molecule has 1 aromatic heterocycles. The summed E-state index contributed by atoms with van der Waals surface area (Å²) < 4.78 is 1.99. The number of hydrogen-bond acceptors (Lipinski definition) is 2. The molecule has 0 aliphatic rings. The van der Waals surface area contributed by atoms with Gasteiger partial charge in [0.05, 0.1) is 23.3 Å². The van der Waals surface area contributed by atoms with Crippen molar-refractivity contribution in [1.29, 1.82) is 0 Å². The van der Waals surface area contributed by atoms with E-state index in [0.717, 1.165) is 27.8 Å². The Labute approximate surface area is 116 Å². The summed E-state index contributed by atoms with van der Waals surface area (Å²) in [5, 5.41) is 10.9. The van der Waals surface area contributed by atoms with E-state index in [0.29, 0.717) is 5.56 Å². The standard InChI is InChI=1S/C16H14N2O2/c1-10-11(2)18(9-17-10)15-8-7-14(16(19)20)12-5-3-4-6-13(12)15/h3-9H,1-2H3,(H,19,20). The zero-order chi connectivity index (χ0) is 14.3. The van der Waals surface area contributed by atoms with Crippen LogP contribution in [0.1, 0.15) is 21.7 Å². The van der Waals surface area contributed by atoms with Crippen LogP contribution in [0, 0.1) is 13.8 Å². The Morgan fingerprint density at radius 2 is 1.80 bits per heavy atom. The topological polar surface area (TPSA) is 55.1 Å². The highest BCUT2D eigenvalue weighted by Crippen LogP contribution is 2.27. The lowest BCUT2D eigenvalue weighted by Crippen LogP contribution is -2.02. The zero-order valence-corrected chi connectivity index (χ0v) is 11.3. The van der Waals surface area contributed by atoms with E-state index in [9.17, 15) is 9.90 Å². The van der Waals surface area contributed by atoms with E-state index in [2.05, 4.69) is 4.98 Å². The van der Waals surface area contributed by atoms with Crippen LogP contribution in [0.25, 0.3) is 16.5 Å². The van der Waals surface area contributed by atoms with E-state index >= 15 is 0 Å². The first kappa shape index (κ1) is 12.4. The second-order valence-corrected chi connectivity index (χ2v) is 4.77.